The first-order valence-electron chi connectivity index (χ1n) is 10.5. The number of methoxy groups -OCH3 is 1. The van der Waals surface area contributed by atoms with Crippen LogP contribution in [0.25, 0.3) is 11.1 Å². The summed E-state index contributed by atoms with van der Waals surface area (Å²) in [6.07, 6.45) is 2.18. The summed E-state index contributed by atoms with van der Waals surface area (Å²) in [5.41, 5.74) is 10.0. The highest BCUT2D eigenvalue weighted by atomic mass is 16.5. The molecule has 30 heavy (non-hydrogen) atoms. The number of ether oxygens (including phenoxy) is 1. The van der Waals surface area contributed by atoms with Crippen molar-refractivity contribution in [2.75, 3.05) is 13.7 Å². The van der Waals surface area contributed by atoms with E-state index < -0.39 is 6.10 Å². The maximum absolute atomic E-state index is 12.3. The number of aliphatic hydroxyl groups is 2. The molecule has 2 aromatic carbocycles. The fourth-order valence-corrected chi connectivity index (χ4v) is 3.74. The van der Waals surface area contributed by atoms with Crippen LogP contribution in [0.15, 0.2) is 30.3 Å². The monoisotopic (exact) mass is 415 g/mol. The van der Waals surface area contributed by atoms with E-state index in [0.717, 1.165) is 28.7 Å². The molecule has 0 heterocycles. The second-order valence-electron chi connectivity index (χ2n) is 7.51. The number of Topliss-reactive ketones (excluding diaryl/α,β-unsaturated/α-hetero) is 1. The quantitative estimate of drug-likeness (QED) is 0.424. The zero-order valence-electron chi connectivity index (χ0n) is 17.9. The van der Waals surface area contributed by atoms with Crippen molar-refractivity contribution in [3.63, 3.8) is 0 Å². The summed E-state index contributed by atoms with van der Waals surface area (Å²) in [5.74, 6) is 0.354. The van der Waals surface area contributed by atoms with Gasteiger partial charge in [0.15, 0.2) is 11.5 Å². The molecule has 0 aliphatic heterocycles. The van der Waals surface area contributed by atoms with Gasteiger partial charge >= 0.3 is 0 Å². The van der Waals surface area contributed by atoms with Gasteiger partial charge in [-0.1, -0.05) is 37.6 Å². The Kier molecular flexibility index (Phi) is 9.30. The molecule has 0 spiro atoms. The number of hydrogen-bond donors (Lipinski definition) is 4. The second-order valence-corrected chi connectivity index (χ2v) is 7.51. The lowest BCUT2D eigenvalue weighted by Gasteiger charge is -2.19. The topological polar surface area (TPSA) is 113 Å². The normalized spacial score (nSPS) is 12.0. The number of phenols is 1. The lowest BCUT2D eigenvalue weighted by atomic mass is 9.89. The van der Waals surface area contributed by atoms with Crippen molar-refractivity contribution in [1.82, 2.24) is 0 Å². The van der Waals surface area contributed by atoms with Crippen LogP contribution in [0, 0.1) is 0 Å². The van der Waals surface area contributed by atoms with Crippen LogP contribution in [0.2, 0.25) is 0 Å². The molecule has 0 saturated carbocycles. The van der Waals surface area contributed by atoms with Gasteiger partial charge in [-0.25, -0.2) is 0 Å². The highest BCUT2D eigenvalue weighted by Crippen LogP contribution is 2.42. The third kappa shape index (κ3) is 6.05. The summed E-state index contributed by atoms with van der Waals surface area (Å²) in [4.78, 5) is 12.3. The van der Waals surface area contributed by atoms with Gasteiger partial charge in [0.1, 0.15) is 5.78 Å². The summed E-state index contributed by atoms with van der Waals surface area (Å²) in [6, 6.07) is 9.14. The van der Waals surface area contributed by atoms with Crippen LogP contribution in [0.5, 0.6) is 11.5 Å². The van der Waals surface area contributed by atoms with Gasteiger partial charge in [-0.15, -0.1) is 0 Å². The van der Waals surface area contributed by atoms with Crippen LogP contribution in [0.3, 0.4) is 0 Å². The Labute approximate surface area is 178 Å². The van der Waals surface area contributed by atoms with Crippen LogP contribution in [-0.4, -0.2) is 40.9 Å². The van der Waals surface area contributed by atoms with Crippen molar-refractivity contribution >= 4 is 5.78 Å². The standard InChI is InChI=1S/C24H33NO5/c1-3-4-19(27)14-20(28)8-6-17-7-10-22(29)24(30-2)23(17)21-9-5-16(15-25)13-18(21)11-12-26/h5,7,9-10,13,19,26-27,29H,3-4,6,8,11-12,14-15,25H2,1-2H3/t19-/m1/s1. The lowest BCUT2D eigenvalue weighted by Crippen LogP contribution is -2.13. The fourth-order valence-electron chi connectivity index (χ4n) is 3.74. The number of aryl methyl sites for hydroxylation is 1. The molecule has 6 heteroatoms. The summed E-state index contributed by atoms with van der Waals surface area (Å²) in [6.45, 7) is 2.34. The summed E-state index contributed by atoms with van der Waals surface area (Å²) in [5, 5.41) is 29.8. The fraction of sp³-hybridized carbons (Fsp3) is 0.458. The molecule has 1 atom stereocenters. The van der Waals surface area contributed by atoms with Crippen molar-refractivity contribution in [3.05, 3.63) is 47.0 Å². The Bertz CT molecular complexity index is 850. The third-order valence-electron chi connectivity index (χ3n) is 5.24. The van der Waals surface area contributed by atoms with Gasteiger partial charge in [0, 0.05) is 31.6 Å². The van der Waals surface area contributed by atoms with Gasteiger partial charge < -0.3 is 25.8 Å². The van der Waals surface area contributed by atoms with Crippen LogP contribution >= 0.6 is 0 Å². The Hall–Kier alpha value is -2.41. The molecule has 0 amide bonds. The highest BCUT2D eigenvalue weighted by molar-refractivity contribution is 5.82. The van der Waals surface area contributed by atoms with Gasteiger partial charge in [0.25, 0.3) is 0 Å². The molecule has 2 rings (SSSR count). The summed E-state index contributed by atoms with van der Waals surface area (Å²) >= 11 is 0. The summed E-state index contributed by atoms with van der Waals surface area (Å²) in [7, 11) is 1.49. The molecule has 0 aromatic heterocycles. The molecule has 5 N–H and O–H groups in total. The Morgan fingerprint density at radius 3 is 2.57 bits per heavy atom. The van der Waals surface area contributed by atoms with E-state index >= 15 is 0 Å². The minimum atomic E-state index is -0.601. The molecular weight excluding hydrogens is 382 g/mol. The molecule has 0 aliphatic carbocycles. The number of aromatic hydroxyl groups is 1. The number of carbonyl (C=O) groups excluding carboxylic acids is 1. The molecular formula is C24H33NO5. The zero-order valence-corrected chi connectivity index (χ0v) is 17.9. The van der Waals surface area contributed by atoms with Crippen LogP contribution < -0.4 is 10.5 Å². The molecule has 0 radical (unpaired) electrons. The average Bonchev–Trinajstić information content (AvgIpc) is 2.73. The molecule has 0 unspecified atom stereocenters. The predicted molar refractivity (Wildman–Crippen MR) is 118 cm³/mol. The van der Waals surface area contributed by atoms with Crippen molar-refractivity contribution in [2.45, 2.75) is 58.1 Å². The Morgan fingerprint density at radius 1 is 1.17 bits per heavy atom. The molecule has 0 saturated heterocycles. The van der Waals surface area contributed by atoms with Crippen molar-refractivity contribution in [3.8, 4) is 22.6 Å². The maximum atomic E-state index is 12.3. The predicted octanol–water partition coefficient (Wildman–Crippen LogP) is 3.11. The number of phenolic OH excluding ortho intramolecular Hbond substituents is 1. The number of aliphatic hydroxyl groups excluding tert-OH is 2. The number of carbonyl (C=O) groups is 1. The SMILES string of the molecule is CCC[C@@H](O)CC(=O)CCc1ccc(O)c(OC)c1-c1ccc(CN)cc1CCO. The molecule has 0 fully saturated rings. The van der Waals surface area contributed by atoms with E-state index in [1.165, 1.54) is 7.11 Å². The number of hydrogen-bond acceptors (Lipinski definition) is 6. The minimum absolute atomic E-state index is 0.00278. The van der Waals surface area contributed by atoms with E-state index in [0.29, 0.717) is 37.1 Å². The third-order valence-corrected chi connectivity index (χ3v) is 5.24. The number of benzene rings is 2. The highest BCUT2D eigenvalue weighted by Gasteiger charge is 2.20. The first-order chi connectivity index (χ1) is 14.4. The van der Waals surface area contributed by atoms with Gasteiger partial charge in [-0.3, -0.25) is 4.79 Å². The van der Waals surface area contributed by atoms with Crippen molar-refractivity contribution < 1.29 is 24.9 Å². The van der Waals surface area contributed by atoms with E-state index in [-0.39, 0.29) is 31.0 Å². The van der Waals surface area contributed by atoms with Crippen LogP contribution in [-0.2, 0) is 24.2 Å². The Morgan fingerprint density at radius 2 is 1.93 bits per heavy atom. The van der Waals surface area contributed by atoms with E-state index in [1.54, 1.807) is 12.1 Å². The molecule has 2 aromatic rings. The summed E-state index contributed by atoms with van der Waals surface area (Å²) < 4.78 is 5.50. The zero-order chi connectivity index (χ0) is 22.1. The molecule has 164 valence electrons. The molecule has 0 aliphatic rings. The number of nitrogens with two attached hydrogens (primary N) is 1. The second kappa shape index (κ2) is 11.7. The first kappa shape index (κ1) is 23.9. The smallest absolute Gasteiger partial charge is 0.168 e. The van der Waals surface area contributed by atoms with E-state index in [9.17, 15) is 20.1 Å². The van der Waals surface area contributed by atoms with Gasteiger partial charge in [-0.05, 0) is 47.6 Å². The largest absolute Gasteiger partial charge is 0.504 e. The van der Waals surface area contributed by atoms with E-state index in [1.807, 2.05) is 25.1 Å². The van der Waals surface area contributed by atoms with Crippen molar-refractivity contribution in [1.29, 1.82) is 0 Å². The maximum Gasteiger partial charge on any atom is 0.168 e. The van der Waals surface area contributed by atoms with Crippen LogP contribution in [0.1, 0.15) is 49.3 Å². The molecule has 6 nitrogen and oxygen atoms in total. The minimum Gasteiger partial charge on any atom is -0.504 e. The first-order valence-corrected chi connectivity index (χ1v) is 10.5. The van der Waals surface area contributed by atoms with Gasteiger partial charge in [-0.2, -0.15) is 0 Å². The number of rotatable bonds is 12. The van der Waals surface area contributed by atoms with E-state index in [4.69, 9.17) is 10.5 Å². The molecule has 0 bridgehead atoms. The Balaban J connectivity index is 2.42. The van der Waals surface area contributed by atoms with Gasteiger partial charge in [0.05, 0.1) is 13.2 Å². The average molecular weight is 416 g/mol. The lowest BCUT2D eigenvalue weighted by molar-refractivity contribution is -0.121. The number of ketones is 1. The van der Waals surface area contributed by atoms with Crippen LogP contribution in [0.4, 0.5) is 0 Å². The van der Waals surface area contributed by atoms with Gasteiger partial charge in [0.2, 0.25) is 0 Å². The van der Waals surface area contributed by atoms with E-state index in [2.05, 4.69) is 0 Å². The van der Waals surface area contributed by atoms with Crippen molar-refractivity contribution in [2.24, 2.45) is 5.73 Å².